The number of nitrogens with two attached hydrogens (primary N) is 1. The molecule has 2 heterocycles. The van der Waals surface area contributed by atoms with Crippen LogP contribution in [0.2, 0.25) is 0 Å². The highest BCUT2D eigenvalue weighted by molar-refractivity contribution is 5.15. The van der Waals surface area contributed by atoms with E-state index in [4.69, 9.17) is 19.3 Å². The summed E-state index contributed by atoms with van der Waals surface area (Å²) in [5.74, 6) is 1.59. The third-order valence-corrected chi connectivity index (χ3v) is 2.11. The van der Waals surface area contributed by atoms with E-state index in [0.717, 1.165) is 17.1 Å². The fourth-order valence-electron chi connectivity index (χ4n) is 1.33. The lowest BCUT2D eigenvalue weighted by atomic mass is 10.2. The van der Waals surface area contributed by atoms with E-state index in [2.05, 4.69) is 0 Å². The van der Waals surface area contributed by atoms with Gasteiger partial charge in [0.1, 0.15) is 18.1 Å². The van der Waals surface area contributed by atoms with Gasteiger partial charge in [0.05, 0.1) is 25.7 Å². The molecule has 0 aliphatic rings. The lowest BCUT2D eigenvalue weighted by Crippen LogP contribution is -2.00. The van der Waals surface area contributed by atoms with E-state index in [1.165, 1.54) is 0 Å². The topological polar surface area (TPSA) is 61.5 Å². The third-order valence-electron chi connectivity index (χ3n) is 2.11. The van der Waals surface area contributed by atoms with E-state index in [1.54, 1.807) is 12.5 Å². The molecule has 80 valence electrons. The molecule has 4 nitrogen and oxygen atoms in total. The molecule has 2 N–H and O–H groups in total. The molecular weight excluding hydrogens is 194 g/mol. The zero-order chi connectivity index (χ0) is 10.5. The molecule has 4 heteroatoms. The molecule has 15 heavy (non-hydrogen) atoms. The Hall–Kier alpha value is -1.52. The maximum Gasteiger partial charge on any atom is 0.129 e. The van der Waals surface area contributed by atoms with Crippen LogP contribution in [0.1, 0.15) is 17.1 Å². The fourth-order valence-corrected chi connectivity index (χ4v) is 1.33. The quantitative estimate of drug-likeness (QED) is 0.815. The normalized spacial score (nSPS) is 10.7. The van der Waals surface area contributed by atoms with Crippen LogP contribution in [0.4, 0.5) is 0 Å². The molecule has 0 saturated heterocycles. The molecule has 0 radical (unpaired) electrons. The van der Waals surface area contributed by atoms with Gasteiger partial charge in [-0.05, 0) is 18.2 Å². The van der Waals surface area contributed by atoms with Gasteiger partial charge in [-0.25, -0.2) is 0 Å². The van der Waals surface area contributed by atoms with Crippen LogP contribution in [0.5, 0.6) is 0 Å². The molecule has 0 saturated carbocycles. The van der Waals surface area contributed by atoms with Crippen molar-refractivity contribution in [2.75, 3.05) is 0 Å². The number of rotatable bonds is 5. The first-order chi connectivity index (χ1) is 7.40. The van der Waals surface area contributed by atoms with Gasteiger partial charge in [0.15, 0.2) is 0 Å². The van der Waals surface area contributed by atoms with Crippen molar-refractivity contribution in [1.82, 2.24) is 0 Å². The number of hydrogen-bond donors (Lipinski definition) is 1. The van der Waals surface area contributed by atoms with Gasteiger partial charge < -0.3 is 19.3 Å². The number of ether oxygens (including phenoxy) is 1. The van der Waals surface area contributed by atoms with Gasteiger partial charge in [-0.1, -0.05) is 0 Å². The first kappa shape index (κ1) is 10.0. The summed E-state index contributed by atoms with van der Waals surface area (Å²) < 4.78 is 15.8. The van der Waals surface area contributed by atoms with Crippen molar-refractivity contribution < 1.29 is 13.6 Å². The molecular formula is C11H13NO3. The second-order valence-corrected chi connectivity index (χ2v) is 3.15. The zero-order valence-electron chi connectivity index (χ0n) is 8.31. The average Bonchev–Trinajstić information content (AvgIpc) is 2.88. The van der Waals surface area contributed by atoms with Crippen molar-refractivity contribution in [2.24, 2.45) is 5.73 Å². The molecule has 0 aromatic carbocycles. The van der Waals surface area contributed by atoms with E-state index < -0.39 is 0 Å². The molecule has 0 aliphatic heterocycles. The van der Waals surface area contributed by atoms with Crippen molar-refractivity contribution in [1.29, 1.82) is 0 Å². The van der Waals surface area contributed by atoms with Crippen LogP contribution in [0, 0.1) is 0 Å². The summed E-state index contributed by atoms with van der Waals surface area (Å²) in [6, 6.07) is 5.57. The van der Waals surface area contributed by atoms with Crippen LogP contribution in [-0.4, -0.2) is 0 Å². The van der Waals surface area contributed by atoms with Gasteiger partial charge in [-0.15, -0.1) is 0 Å². The van der Waals surface area contributed by atoms with Crippen molar-refractivity contribution in [3.8, 4) is 0 Å². The Morgan fingerprint density at radius 3 is 2.80 bits per heavy atom. The Bertz CT molecular complexity index is 392. The summed E-state index contributed by atoms with van der Waals surface area (Å²) in [4.78, 5) is 0. The number of hydrogen-bond acceptors (Lipinski definition) is 4. The molecule has 2 rings (SSSR count). The highest BCUT2D eigenvalue weighted by Gasteiger charge is 2.04. The van der Waals surface area contributed by atoms with Gasteiger partial charge in [0.2, 0.25) is 0 Å². The lowest BCUT2D eigenvalue weighted by Gasteiger charge is -2.01. The Kier molecular flexibility index (Phi) is 3.22. The average molecular weight is 207 g/mol. The minimum Gasteiger partial charge on any atom is -0.468 e. The monoisotopic (exact) mass is 207 g/mol. The van der Waals surface area contributed by atoms with Gasteiger partial charge >= 0.3 is 0 Å². The van der Waals surface area contributed by atoms with Gasteiger partial charge in [-0.3, -0.25) is 0 Å². The third kappa shape index (κ3) is 2.49. The van der Waals surface area contributed by atoms with Gasteiger partial charge in [0.25, 0.3) is 0 Å². The predicted molar refractivity (Wildman–Crippen MR) is 53.8 cm³/mol. The fraction of sp³-hybridized carbons (Fsp3) is 0.273. The van der Waals surface area contributed by atoms with E-state index in [-0.39, 0.29) is 0 Å². The molecule has 0 atom stereocenters. The molecule has 0 unspecified atom stereocenters. The lowest BCUT2D eigenvalue weighted by molar-refractivity contribution is 0.0919. The van der Waals surface area contributed by atoms with E-state index in [1.807, 2.05) is 18.2 Å². The highest BCUT2D eigenvalue weighted by atomic mass is 16.5. The molecule has 0 amide bonds. The van der Waals surface area contributed by atoms with E-state index in [0.29, 0.717) is 19.8 Å². The zero-order valence-corrected chi connectivity index (χ0v) is 8.31. The summed E-state index contributed by atoms with van der Waals surface area (Å²) in [7, 11) is 0. The Morgan fingerprint density at radius 1 is 1.13 bits per heavy atom. The number of furan rings is 2. The summed E-state index contributed by atoms with van der Waals surface area (Å²) in [6.07, 6.45) is 3.25. The second kappa shape index (κ2) is 4.82. The minimum absolute atomic E-state index is 0.395. The van der Waals surface area contributed by atoms with Crippen molar-refractivity contribution >= 4 is 0 Å². The smallest absolute Gasteiger partial charge is 0.129 e. The standard InChI is InChI=1S/C11H13NO3/c12-6-11-9(3-5-15-11)7-13-8-10-2-1-4-14-10/h1-5H,6-8,12H2. The Labute approximate surface area is 87.6 Å². The van der Waals surface area contributed by atoms with Gasteiger partial charge in [-0.2, -0.15) is 0 Å². The summed E-state index contributed by atoms with van der Waals surface area (Å²) in [6.45, 7) is 1.35. The molecule has 0 spiro atoms. The predicted octanol–water partition coefficient (Wildman–Crippen LogP) is 2.05. The molecule has 0 fully saturated rings. The minimum atomic E-state index is 0.395. The van der Waals surface area contributed by atoms with Crippen molar-refractivity contribution in [3.63, 3.8) is 0 Å². The van der Waals surface area contributed by atoms with Crippen LogP contribution < -0.4 is 5.73 Å². The molecule has 2 aromatic heterocycles. The van der Waals surface area contributed by atoms with E-state index in [9.17, 15) is 0 Å². The maximum absolute atomic E-state index is 5.49. The van der Waals surface area contributed by atoms with Crippen molar-refractivity contribution in [2.45, 2.75) is 19.8 Å². The SMILES string of the molecule is NCc1occc1COCc1ccco1. The van der Waals surface area contributed by atoms with Crippen molar-refractivity contribution in [3.05, 3.63) is 47.8 Å². The van der Waals surface area contributed by atoms with Crippen LogP contribution in [0.3, 0.4) is 0 Å². The summed E-state index contributed by atoms with van der Waals surface area (Å²) in [5, 5.41) is 0. The highest BCUT2D eigenvalue weighted by Crippen LogP contribution is 2.12. The molecule has 0 bridgehead atoms. The largest absolute Gasteiger partial charge is 0.468 e. The first-order valence-corrected chi connectivity index (χ1v) is 4.75. The second-order valence-electron chi connectivity index (χ2n) is 3.15. The van der Waals surface area contributed by atoms with Crippen LogP contribution in [-0.2, 0) is 24.5 Å². The van der Waals surface area contributed by atoms with E-state index >= 15 is 0 Å². The van der Waals surface area contributed by atoms with Crippen LogP contribution in [0.25, 0.3) is 0 Å². The van der Waals surface area contributed by atoms with Crippen LogP contribution >= 0.6 is 0 Å². The maximum atomic E-state index is 5.49. The molecule has 2 aromatic rings. The summed E-state index contributed by atoms with van der Waals surface area (Å²) >= 11 is 0. The Morgan fingerprint density at radius 2 is 2.07 bits per heavy atom. The molecule has 0 aliphatic carbocycles. The first-order valence-electron chi connectivity index (χ1n) is 4.75. The van der Waals surface area contributed by atoms with Crippen LogP contribution in [0.15, 0.2) is 39.6 Å². The Balaban J connectivity index is 1.83. The van der Waals surface area contributed by atoms with Gasteiger partial charge in [0, 0.05) is 5.56 Å². The summed E-state index contributed by atoms with van der Waals surface area (Å²) in [5.41, 5.74) is 6.48.